The zero-order chi connectivity index (χ0) is 22.2. The summed E-state index contributed by atoms with van der Waals surface area (Å²) >= 11 is 3.52. The van der Waals surface area contributed by atoms with E-state index in [0.717, 1.165) is 36.0 Å². The fraction of sp³-hybridized carbons (Fsp3) is 0.417. The molecular weight excluding hydrogens is 460 g/mol. The van der Waals surface area contributed by atoms with E-state index < -0.39 is 0 Å². The average molecular weight is 489 g/mol. The summed E-state index contributed by atoms with van der Waals surface area (Å²) in [5.74, 6) is 0.684. The van der Waals surface area contributed by atoms with Crippen molar-refractivity contribution in [3.8, 4) is 11.5 Å². The summed E-state index contributed by atoms with van der Waals surface area (Å²) in [4.78, 5) is 27.0. The Morgan fingerprint density at radius 3 is 2.52 bits per heavy atom. The molecule has 1 aliphatic heterocycles. The van der Waals surface area contributed by atoms with E-state index in [1.54, 1.807) is 18.2 Å². The molecule has 1 heterocycles. The fourth-order valence-electron chi connectivity index (χ4n) is 3.59. The Morgan fingerprint density at radius 1 is 1.06 bits per heavy atom. The van der Waals surface area contributed by atoms with Crippen LogP contribution in [-0.2, 0) is 4.79 Å². The van der Waals surface area contributed by atoms with Gasteiger partial charge in [0.2, 0.25) is 0 Å². The van der Waals surface area contributed by atoms with Gasteiger partial charge in [-0.2, -0.15) is 0 Å². The third-order valence-electron chi connectivity index (χ3n) is 5.28. The van der Waals surface area contributed by atoms with Crippen molar-refractivity contribution >= 4 is 27.7 Å². The lowest BCUT2D eigenvalue weighted by Crippen LogP contribution is -2.38. The molecule has 0 bridgehead atoms. The second-order valence-corrected chi connectivity index (χ2v) is 8.40. The van der Waals surface area contributed by atoms with E-state index in [1.807, 2.05) is 43.0 Å². The predicted molar refractivity (Wildman–Crippen MR) is 124 cm³/mol. The Kier molecular flexibility index (Phi) is 8.35. The van der Waals surface area contributed by atoms with E-state index in [1.165, 1.54) is 6.42 Å². The lowest BCUT2D eigenvalue weighted by atomic mass is 10.1. The van der Waals surface area contributed by atoms with Gasteiger partial charge in [0.25, 0.3) is 11.8 Å². The van der Waals surface area contributed by atoms with Crippen molar-refractivity contribution in [3.05, 3.63) is 58.1 Å². The van der Waals surface area contributed by atoms with E-state index in [4.69, 9.17) is 9.47 Å². The summed E-state index contributed by atoms with van der Waals surface area (Å²) in [7, 11) is 0. The van der Waals surface area contributed by atoms with Gasteiger partial charge >= 0.3 is 0 Å². The molecule has 7 heteroatoms. The van der Waals surface area contributed by atoms with E-state index in [9.17, 15) is 9.59 Å². The molecule has 2 aromatic carbocycles. The number of likely N-dealkylation sites (tertiary alicyclic amines) is 1. The van der Waals surface area contributed by atoms with E-state index in [-0.39, 0.29) is 24.5 Å². The van der Waals surface area contributed by atoms with E-state index in [0.29, 0.717) is 23.7 Å². The number of halogens is 1. The highest BCUT2D eigenvalue weighted by atomic mass is 79.9. The molecular formula is C24H29BrN2O4. The maximum atomic E-state index is 12.8. The van der Waals surface area contributed by atoms with Gasteiger partial charge in [0.1, 0.15) is 0 Å². The molecule has 0 spiro atoms. The van der Waals surface area contributed by atoms with Gasteiger partial charge in [0, 0.05) is 23.1 Å². The van der Waals surface area contributed by atoms with Crippen molar-refractivity contribution in [1.29, 1.82) is 0 Å². The van der Waals surface area contributed by atoms with Crippen LogP contribution in [0.15, 0.2) is 46.9 Å². The number of rotatable bonds is 8. The minimum atomic E-state index is -0.208. The van der Waals surface area contributed by atoms with Crippen LogP contribution in [-0.4, -0.2) is 43.0 Å². The number of ether oxygens (including phenoxy) is 2. The van der Waals surface area contributed by atoms with Crippen LogP contribution in [0.25, 0.3) is 0 Å². The second-order valence-electron chi connectivity index (χ2n) is 7.54. The smallest absolute Gasteiger partial charge is 0.260 e. The summed E-state index contributed by atoms with van der Waals surface area (Å²) in [6, 6.07) is 12.7. The van der Waals surface area contributed by atoms with Crippen molar-refractivity contribution < 1.29 is 19.1 Å². The molecule has 1 fully saturated rings. The molecule has 31 heavy (non-hydrogen) atoms. The Morgan fingerprint density at radius 2 is 1.81 bits per heavy atom. The summed E-state index contributed by atoms with van der Waals surface area (Å²) in [6.45, 7) is 5.76. The minimum absolute atomic E-state index is 0.0220. The number of carbonyl (C=O) groups excluding carboxylic acids is 2. The molecule has 3 rings (SSSR count). The van der Waals surface area contributed by atoms with Crippen molar-refractivity contribution in [3.63, 3.8) is 0 Å². The standard InChI is InChI=1S/C24H29BrN2O4/c1-3-30-22-15-18(24(29)26-17(2)19-9-5-6-10-20(19)25)11-12-21(22)31-16-23(28)27-13-7-4-8-14-27/h5-6,9-12,15,17H,3-4,7-8,13-14,16H2,1-2H3,(H,26,29)/t17-/m1/s1. The first-order valence-electron chi connectivity index (χ1n) is 10.7. The van der Waals surface area contributed by atoms with Gasteiger partial charge in [-0.05, 0) is 62.9 Å². The Hall–Kier alpha value is -2.54. The van der Waals surface area contributed by atoms with Crippen LogP contribution in [0, 0.1) is 0 Å². The largest absolute Gasteiger partial charge is 0.490 e. The number of piperidine rings is 1. The molecule has 1 atom stereocenters. The van der Waals surface area contributed by atoms with Crippen LogP contribution in [0.5, 0.6) is 11.5 Å². The molecule has 6 nitrogen and oxygen atoms in total. The van der Waals surface area contributed by atoms with Gasteiger partial charge < -0.3 is 19.7 Å². The molecule has 0 aliphatic carbocycles. The molecule has 1 saturated heterocycles. The van der Waals surface area contributed by atoms with Crippen LogP contribution >= 0.6 is 15.9 Å². The van der Waals surface area contributed by atoms with Gasteiger partial charge in [0.05, 0.1) is 12.6 Å². The molecule has 1 aliphatic rings. The third-order valence-corrected chi connectivity index (χ3v) is 6.01. The topological polar surface area (TPSA) is 67.9 Å². The normalized spacial score (nSPS) is 14.6. The van der Waals surface area contributed by atoms with Gasteiger partial charge in [-0.25, -0.2) is 0 Å². The van der Waals surface area contributed by atoms with Gasteiger partial charge in [0.15, 0.2) is 18.1 Å². The highest BCUT2D eigenvalue weighted by molar-refractivity contribution is 9.10. The summed E-state index contributed by atoms with van der Waals surface area (Å²) in [6.07, 6.45) is 3.25. The highest BCUT2D eigenvalue weighted by Crippen LogP contribution is 2.29. The summed E-state index contributed by atoms with van der Waals surface area (Å²) in [5, 5.41) is 3.01. The molecule has 2 aromatic rings. The molecule has 1 N–H and O–H groups in total. The van der Waals surface area contributed by atoms with Gasteiger partial charge in [-0.15, -0.1) is 0 Å². The van der Waals surface area contributed by atoms with Gasteiger partial charge in [-0.1, -0.05) is 34.1 Å². The van der Waals surface area contributed by atoms with Crippen molar-refractivity contribution in [2.24, 2.45) is 0 Å². The van der Waals surface area contributed by atoms with Crippen LogP contribution < -0.4 is 14.8 Å². The Bertz CT molecular complexity index is 912. The van der Waals surface area contributed by atoms with E-state index >= 15 is 0 Å². The van der Waals surface area contributed by atoms with Crippen LogP contribution in [0.1, 0.15) is 55.1 Å². The molecule has 2 amide bonds. The summed E-state index contributed by atoms with van der Waals surface area (Å²) in [5.41, 5.74) is 1.47. The van der Waals surface area contributed by atoms with Crippen LogP contribution in [0.3, 0.4) is 0 Å². The molecule has 0 saturated carbocycles. The molecule has 166 valence electrons. The summed E-state index contributed by atoms with van der Waals surface area (Å²) < 4.78 is 12.4. The second kappa shape index (κ2) is 11.2. The first kappa shape index (κ1) is 23.1. The Labute approximate surface area is 192 Å². The SMILES string of the molecule is CCOc1cc(C(=O)N[C@H](C)c2ccccc2Br)ccc1OCC(=O)N1CCCCC1. The zero-order valence-corrected chi connectivity index (χ0v) is 19.6. The number of carbonyl (C=O) groups is 2. The number of hydrogen-bond acceptors (Lipinski definition) is 4. The van der Waals surface area contributed by atoms with Crippen molar-refractivity contribution in [2.75, 3.05) is 26.3 Å². The van der Waals surface area contributed by atoms with Crippen LogP contribution in [0.4, 0.5) is 0 Å². The number of hydrogen-bond donors (Lipinski definition) is 1. The average Bonchev–Trinajstić information content (AvgIpc) is 2.79. The van der Waals surface area contributed by atoms with Crippen molar-refractivity contribution in [1.82, 2.24) is 10.2 Å². The molecule has 0 radical (unpaired) electrons. The Balaban J connectivity index is 1.66. The van der Waals surface area contributed by atoms with E-state index in [2.05, 4.69) is 21.2 Å². The first-order valence-corrected chi connectivity index (χ1v) is 11.5. The predicted octanol–water partition coefficient (Wildman–Crippen LogP) is 4.73. The van der Waals surface area contributed by atoms with Crippen molar-refractivity contribution in [2.45, 2.75) is 39.2 Å². The first-order chi connectivity index (χ1) is 15.0. The number of nitrogens with zero attached hydrogens (tertiary/aromatic N) is 1. The molecule has 0 unspecified atom stereocenters. The quantitative estimate of drug-likeness (QED) is 0.582. The fourth-order valence-corrected chi connectivity index (χ4v) is 4.22. The maximum absolute atomic E-state index is 12.8. The minimum Gasteiger partial charge on any atom is -0.490 e. The van der Waals surface area contributed by atoms with Gasteiger partial charge in [-0.3, -0.25) is 9.59 Å². The molecule has 0 aromatic heterocycles. The lowest BCUT2D eigenvalue weighted by Gasteiger charge is -2.26. The monoisotopic (exact) mass is 488 g/mol. The lowest BCUT2D eigenvalue weighted by molar-refractivity contribution is -0.134. The number of benzene rings is 2. The highest BCUT2D eigenvalue weighted by Gasteiger charge is 2.19. The maximum Gasteiger partial charge on any atom is 0.260 e. The number of nitrogens with one attached hydrogen (secondary N) is 1. The number of amides is 2. The third kappa shape index (κ3) is 6.23. The van der Waals surface area contributed by atoms with Crippen LogP contribution in [0.2, 0.25) is 0 Å². The zero-order valence-electron chi connectivity index (χ0n) is 18.0.